The van der Waals surface area contributed by atoms with Gasteiger partial charge in [-0.15, -0.1) is 11.3 Å². The summed E-state index contributed by atoms with van der Waals surface area (Å²) in [5, 5.41) is 5.04. The molecular formula is C27H25N5O4S. The van der Waals surface area contributed by atoms with Crippen molar-refractivity contribution >= 4 is 33.1 Å². The zero-order valence-electron chi connectivity index (χ0n) is 20.6. The summed E-state index contributed by atoms with van der Waals surface area (Å²) in [6, 6.07) is 16.7. The van der Waals surface area contributed by atoms with Gasteiger partial charge in [0.2, 0.25) is 5.91 Å². The molecule has 5 aromatic rings. The molecule has 0 saturated heterocycles. The topological polar surface area (TPSA) is 100 Å². The Labute approximate surface area is 216 Å². The number of aromatic nitrogens is 4. The zero-order chi connectivity index (χ0) is 26.1. The molecule has 0 bridgehead atoms. The number of hydrogen-bond acceptors (Lipinski definition) is 6. The molecule has 10 heteroatoms. The lowest BCUT2D eigenvalue weighted by atomic mass is 10.1. The van der Waals surface area contributed by atoms with Gasteiger partial charge in [-0.25, -0.2) is 9.67 Å². The van der Waals surface area contributed by atoms with Gasteiger partial charge in [-0.2, -0.15) is 0 Å². The molecular weight excluding hydrogens is 490 g/mol. The molecule has 0 atom stereocenters. The smallest absolute Gasteiger partial charge is 0.295 e. The number of fused-ring (bicyclic) bond motifs is 1. The summed E-state index contributed by atoms with van der Waals surface area (Å²) < 4.78 is 9.93. The molecule has 3 aromatic heterocycles. The van der Waals surface area contributed by atoms with Crippen molar-refractivity contribution < 1.29 is 9.53 Å². The van der Waals surface area contributed by atoms with E-state index in [0.717, 1.165) is 16.9 Å². The van der Waals surface area contributed by atoms with E-state index < -0.39 is 5.91 Å². The molecule has 0 aliphatic heterocycles. The second-order valence-corrected chi connectivity index (χ2v) is 9.31. The monoisotopic (exact) mass is 515 g/mol. The van der Waals surface area contributed by atoms with Crippen LogP contribution in [0, 0.1) is 6.92 Å². The van der Waals surface area contributed by atoms with Crippen LogP contribution < -0.4 is 21.2 Å². The summed E-state index contributed by atoms with van der Waals surface area (Å²) in [5.41, 5.74) is 2.39. The van der Waals surface area contributed by atoms with E-state index in [9.17, 15) is 14.4 Å². The summed E-state index contributed by atoms with van der Waals surface area (Å²) >= 11 is 1.37. The van der Waals surface area contributed by atoms with Crippen molar-refractivity contribution in [1.82, 2.24) is 18.9 Å². The van der Waals surface area contributed by atoms with Gasteiger partial charge in [0.15, 0.2) is 0 Å². The first-order chi connectivity index (χ1) is 17.9. The van der Waals surface area contributed by atoms with Gasteiger partial charge in [0.1, 0.15) is 22.8 Å². The normalized spacial score (nSPS) is 11.1. The maximum absolute atomic E-state index is 13.4. The van der Waals surface area contributed by atoms with E-state index in [-0.39, 0.29) is 23.4 Å². The number of benzene rings is 2. The summed E-state index contributed by atoms with van der Waals surface area (Å²) in [6.07, 6.45) is 1.36. The Balaban J connectivity index is 1.43. The van der Waals surface area contributed by atoms with E-state index >= 15 is 0 Å². The third kappa shape index (κ3) is 4.47. The lowest BCUT2D eigenvalue weighted by Gasteiger charge is -2.08. The molecule has 9 nitrogen and oxygen atoms in total. The number of carbonyl (C=O) groups excluding carboxylic acids is 1. The first kappa shape index (κ1) is 24.3. The quantitative estimate of drug-likeness (QED) is 0.354. The van der Waals surface area contributed by atoms with Crippen LogP contribution in [0.5, 0.6) is 5.75 Å². The predicted molar refractivity (Wildman–Crippen MR) is 145 cm³/mol. The maximum atomic E-state index is 13.4. The average molecular weight is 516 g/mol. The number of ether oxygens (including phenoxy) is 1. The van der Waals surface area contributed by atoms with Gasteiger partial charge in [-0.1, -0.05) is 30.3 Å². The largest absolute Gasteiger partial charge is 0.494 e. The van der Waals surface area contributed by atoms with Crippen molar-refractivity contribution in [1.29, 1.82) is 0 Å². The van der Waals surface area contributed by atoms with Crippen LogP contribution in [0.3, 0.4) is 0 Å². The second-order valence-electron chi connectivity index (χ2n) is 8.45. The Kier molecular flexibility index (Phi) is 6.49. The van der Waals surface area contributed by atoms with E-state index in [1.165, 1.54) is 26.9 Å². The molecule has 0 radical (unpaired) electrons. The van der Waals surface area contributed by atoms with Crippen LogP contribution in [0.15, 0.2) is 75.9 Å². The zero-order valence-corrected chi connectivity index (χ0v) is 21.4. The van der Waals surface area contributed by atoms with Crippen LogP contribution in [0.1, 0.15) is 12.6 Å². The first-order valence-electron chi connectivity index (χ1n) is 11.7. The number of carbonyl (C=O) groups is 1. The van der Waals surface area contributed by atoms with Crippen LogP contribution in [0.4, 0.5) is 5.69 Å². The number of hydrogen-bond donors (Lipinski definition) is 1. The van der Waals surface area contributed by atoms with E-state index in [2.05, 4.69) is 10.3 Å². The van der Waals surface area contributed by atoms with Crippen molar-refractivity contribution in [2.75, 3.05) is 11.9 Å². The fourth-order valence-corrected chi connectivity index (χ4v) is 5.14. The fraction of sp³-hybridized carbons (Fsp3) is 0.185. The Morgan fingerprint density at radius 1 is 1.05 bits per heavy atom. The third-order valence-electron chi connectivity index (χ3n) is 6.17. The Bertz CT molecular complexity index is 1710. The number of rotatable bonds is 7. The fourth-order valence-electron chi connectivity index (χ4n) is 4.24. The van der Waals surface area contributed by atoms with Gasteiger partial charge in [-0.3, -0.25) is 23.6 Å². The Morgan fingerprint density at radius 3 is 2.49 bits per heavy atom. The summed E-state index contributed by atoms with van der Waals surface area (Å²) in [5.74, 6) is 0.257. The Morgan fingerprint density at radius 2 is 1.78 bits per heavy atom. The highest BCUT2D eigenvalue weighted by molar-refractivity contribution is 7.17. The number of nitrogens with zero attached hydrogens (tertiary/aromatic N) is 4. The van der Waals surface area contributed by atoms with E-state index in [4.69, 9.17) is 4.74 Å². The maximum Gasteiger partial charge on any atom is 0.295 e. The summed E-state index contributed by atoms with van der Waals surface area (Å²) in [7, 11) is 1.75. The highest BCUT2D eigenvalue weighted by atomic mass is 32.1. The number of thiophene rings is 1. The number of amides is 1. The molecule has 3 heterocycles. The number of anilines is 1. The molecule has 2 aromatic carbocycles. The Hall–Kier alpha value is -4.44. The van der Waals surface area contributed by atoms with Crippen LogP contribution in [0.25, 0.3) is 27.0 Å². The molecule has 37 heavy (non-hydrogen) atoms. The van der Waals surface area contributed by atoms with Crippen LogP contribution in [-0.2, 0) is 18.4 Å². The van der Waals surface area contributed by atoms with Crippen molar-refractivity contribution in [3.8, 4) is 22.6 Å². The highest BCUT2D eigenvalue weighted by Gasteiger charge is 2.19. The lowest BCUT2D eigenvalue weighted by molar-refractivity contribution is -0.116. The van der Waals surface area contributed by atoms with Gasteiger partial charge in [0.05, 0.1) is 29.7 Å². The van der Waals surface area contributed by atoms with Crippen LogP contribution >= 0.6 is 11.3 Å². The standard InChI is InChI=1S/C27H25N5O4S/c1-4-36-20-12-10-18(11-13-20)21-15-37-25-23(21)26(34)31(16-28-25)14-22(33)29-24-17(2)30(3)32(27(24)35)19-8-6-5-7-9-19/h5-13,15-16H,4,14H2,1-3H3,(H,29,33). The molecule has 0 aliphatic rings. The second kappa shape index (κ2) is 9.90. The molecule has 0 saturated carbocycles. The molecule has 188 valence electrons. The molecule has 0 aliphatic carbocycles. The van der Waals surface area contributed by atoms with Crippen molar-refractivity contribution in [3.05, 3.63) is 92.7 Å². The minimum absolute atomic E-state index is 0.170. The van der Waals surface area contributed by atoms with E-state index in [1.54, 1.807) is 18.7 Å². The van der Waals surface area contributed by atoms with Gasteiger partial charge in [0.25, 0.3) is 11.1 Å². The van der Waals surface area contributed by atoms with Crippen molar-refractivity contribution in [2.45, 2.75) is 20.4 Å². The number of para-hydroxylation sites is 1. The molecule has 5 rings (SSSR count). The SMILES string of the molecule is CCOc1ccc(-c2csc3ncn(CC(=O)Nc4c(C)n(C)n(-c5ccccc5)c4=O)c(=O)c23)cc1. The molecule has 1 amide bonds. The third-order valence-corrected chi connectivity index (χ3v) is 7.06. The minimum Gasteiger partial charge on any atom is -0.494 e. The van der Waals surface area contributed by atoms with Gasteiger partial charge in [0, 0.05) is 18.0 Å². The van der Waals surface area contributed by atoms with Gasteiger partial charge >= 0.3 is 0 Å². The first-order valence-corrected chi connectivity index (χ1v) is 12.6. The van der Waals surface area contributed by atoms with Crippen LogP contribution in [0.2, 0.25) is 0 Å². The molecule has 0 spiro atoms. The predicted octanol–water partition coefficient (Wildman–Crippen LogP) is 3.96. The van der Waals surface area contributed by atoms with Gasteiger partial charge < -0.3 is 10.1 Å². The highest BCUT2D eigenvalue weighted by Crippen LogP contribution is 2.31. The van der Waals surface area contributed by atoms with Gasteiger partial charge in [-0.05, 0) is 43.7 Å². The van der Waals surface area contributed by atoms with E-state index in [1.807, 2.05) is 66.9 Å². The summed E-state index contributed by atoms with van der Waals surface area (Å²) in [4.78, 5) is 44.4. The molecule has 1 N–H and O–H groups in total. The minimum atomic E-state index is -0.493. The molecule has 0 unspecified atom stereocenters. The van der Waals surface area contributed by atoms with Crippen molar-refractivity contribution in [2.24, 2.45) is 7.05 Å². The van der Waals surface area contributed by atoms with E-state index in [0.29, 0.717) is 28.2 Å². The van der Waals surface area contributed by atoms with Crippen molar-refractivity contribution in [3.63, 3.8) is 0 Å². The average Bonchev–Trinajstić information content (AvgIpc) is 3.42. The van der Waals surface area contributed by atoms with Crippen LogP contribution in [-0.4, -0.2) is 31.4 Å². The number of nitrogens with one attached hydrogen (secondary N) is 1. The molecule has 0 fully saturated rings. The summed E-state index contributed by atoms with van der Waals surface area (Å²) in [6.45, 7) is 3.97. The lowest BCUT2D eigenvalue weighted by Crippen LogP contribution is -2.29.